The lowest BCUT2D eigenvalue weighted by Gasteiger charge is -2.31. The van der Waals surface area contributed by atoms with Crippen molar-refractivity contribution in [3.05, 3.63) is 35.3 Å². The van der Waals surface area contributed by atoms with Crippen molar-refractivity contribution in [2.75, 3.05) is 26.2 Å². The molecule has 2 aromatic heterocycles. The number of nitrogens with zero attached hydrogens (tertiary/aromatic N) is 3. The zero-order valence-electron chi connectivity index (χ0n) is 17.9. The number of rotatable bonds is 7. The van der Waals surface area contributed by atoms with Crippen molar-refractivity contribution in [1.29, 1.82) is 0 Å². The van der Waals surface area contributed by atoms with Gasteiger partial charge in [0.2, 0.25) is 5.91 Å². The van der Waals surface area contributed by atoms with Gasteiger partial charge in [-0.25, -0.2) is 4.98 Å². The number of nitrogens with one attached hydrogen (secondary N) is 1. The summed E-state index contributed by atoms with van der Waals surface area (Å²) in [5.74, 6) is -0.636. The molecule has 0 bridgehead atoms. The lowest BCUT2D eigenvalue weighted by atomic mass is 9.98. The molecule has 3 rings (SSSR count). The first-order valence-corrected chi connectivity index (χ1v) is 10.6. The summed E-state index contributed by atoms with van der Waals surface area (Å²) < 4.78 is 6.89. The van der Waals surface area contributed by atoms with E-state index in [9.17, 15) is 14.4 Å². The second kappa shape index (κ2) is 9.73. The molecule has 30 heavy (non-hydrogen) atoms. The molecule has 0 spiro atoms. The van der Waals surface area contributed by atoms with E-state index in [-0.39, 0.29) is 23.7 Å². The van der Waals surface area contributed by atoms with Gasteiger partial charge in [-0.15, -0.1) is 0 Å². The second-order valence-electron chi connectivity index (χ2n) is 7.72. The van der Waals surface area contributed by atoms with Crippen LogP contribution in [-0.4, -0.2) is 58.3 Å². The Bertz CT molecular complexity index is 937. The quantitative estimate of drug-likeness (QED) is 0.554. The van der Waals surface area contributed by atoms with Crippen LogP contribution in [0.2, 0.25) is 0 Å². The van der Waals surface area contributed by atoms with Crippen molar-refractivity contribution in [1.82, 2.24) is 19.6 Å². The van der Waals surface area contributed by atoms with Crippen LogP contribution >= 0.6 is 0 Å². The molecule has 2 aromatic rings. The number of amides is 2. The Morgan fingerprint density at radius 2 is 2.10 bits per heavy atom. The summed E-state index contributed by atoms with van der Waals surface area (Å²) in [6.45, 7) is 7.41. The van der Waals surface area contributed by atoms with Crippen LogP contribution in [0.15, 0.2) is 18.3 Å². The predicted octanol–water partition coefficient (Wildman–Crippen LogP) is 2.26. The zero-order chi connectivity index (χ0) is 21.7. The second-order valence-corrected chi connectivity index (χ2v) is 7.72. The van der Waals surface area contributed by atoms with Crippen molar-refractivity contribution in [2.24, 2.45) is 5.92 Å². The number of piperidine rings is 1. The average molecular weight is 415 g/mol. The number of ether oxygens (including phenoxy) is 1. The van der Waals surface area contributed by atoms with Crippen molar-refractivity contribution < 1.29 is 19.1 Å². The molecule has 1 atom stereocenters. The highest BCUT2D eigenvalue weighted by molar-refractivity contribution is 5.94. The van der Waals surface area contributed by atoms with Crippen molar-refractivity contribution in [2.45, 2.75) is 46.5 Å². The number of pyridine rings is 1. The summed E-state index contributed by atoms with van der Waals surface area (Å²) in [6, 6.07) is 3.85. The number of imidazole rings is 1. The van der Waals surface area contributed by atoms with Gasteiger partial charge < -0.3 is 15.0 Å². The van der Waals surface area contributed by atoms with Gasteiger partial charge in [-0.2, -0.15) is 0 Å². The van der Waals surface area contributed by atoms with Gasteiger partial charge in [-0.1, -0.05) is 6.07 Å². The van der Waals surface area contributed by atoms with Gasteiger partial charge in [0.15, 0.2) is 0 Å². The van der Waals surface area contributed by atoms with Gasteiger partial charge in [0, 0.05) is 32.3 Å². The molecule has 1 aliphatic rings. The Morgan fingerprint density at radius 1 is 1.30 bits per heavy atom. The highest BCUT2D eigenvalue weighted by Gasteiger charge is 2.29. The van der Waals surface area contributed by atoms with Crippen molar-refractivity contribution in [3.63, 3.8) is 0 Å². The zero-order valence-corrected chi connectivity index (χ0v) is 17.9. The minimum atomic E-state index is -0.232. The van der Waals surface area contributed by atoms with Gasteiger partial charge >= 0.3 is 5.97 Å². The first-order chi connectivity index (χ1) is 14.4. The van der Waals surface area contributed by atoms with Gasteiger partial charge in [0.25, 0.3) is 5.91 Å². The van der Waals surface area contributed by atoms with Gasteiger partial charge in [-0.3, -0.25) is 18.8 Å². The summed E-state index contributed by atoms with van der Waals surface area (Å²) in [5.41, 5.74) is 2.98. The number of likely N-dealkylation sites (tertiary alicyclic amines) is 1. The van der Waals surface area contributed by atoms with Gasteiger partial charge in [0.05, 0.1) is 18.2 Å². The van der Waals surface area contributed by atoms with E-state index in [2.05, 4.69) is 10.3 Å². The molecule has 0 radical (unpaired) electrons. The maximum Gasteiger partial charge on any atom is 0.310 e. The topological polar surface area (TPSA) is 93.0 Å². The van der Waals surface area contributed by atoms with Crippen LogP contribution in [0, 0.1) is 19.8 Å². The van der Waals surface area contributed by atoms with Crippen molar-refractivity contribution >= 4 is 23.4 Å². The third-order valence-corrected chi connectivity index (χ3v) is 5.48. The summed E-state index contributed by atoms with van der Waals surface area (Å²) in [4.78, 5) is 43.3. The highest BCUT2D eigenvalue weighted by Crippen LogP contribution is 2.19. The third-order valence-electron chi connectivity index (χ3n) is 5.48. The molecule has 8 heteroatoms. The summed E-state index contributed by atoms with van der Waals surface area (Å²) >= 11 is 0. The van der Waals surface area contributed by atoms with Gasteiger partial charge in [0.1, 0.15) is 11.3 Å². The molecule has 1 saturated heterocycles. The molecule has 0 aromatic carbocycles. The van der Waals surface area contributed by atoms with E-state index in [4.69, 9.17) is 4.74 Å². The molecule has 0 saturated carbocycles. The Balaban J connectivity index is 1.49. The van der Waals surface area contributed by atoms with Crippen LogP contribution in [0.25, 0.3) is 5.65 Å². The van der Waals surface area contributed by atoms with Crippen LogP contribution in [0.5, 0.6) is 0 Å². The summed E-state index contributed by atoms with van der Waals surface area (Å²) in [7, 11) is 0. The molecule has 0 aliphatic carbocycles. The fraction of sp³-hybridized carbons (Fsp3) is 0.545. The molecule has 2 amide bonds. The maximum atomic E-state index is 12.7. The van der Waals surface area contributed by atoms with Crippen molar-refractivity contribution in [3.8, 4) is 0 Å². The SMILES string of the molecule is CCOC(=O)C1CCCN(C(=O)CCCNC(=O)c2c(C)nc3c(C)cccn23)C1. The maximum absolute atomic E-state index is 12.7. The fourth-order valence-electron chi connectivity index (χ4n) is 3.93. The molecule has 1 aliphatic heterocycles. The Hall–Kier alpha value is -2.90. The molecule has 1 unspecified atom stereocenters. The van der Waals surface area contributed by atoms with E-state index in [1.807, 2.05) is 32.2 Å². The first-order valence-electron chi connectivity index (χ1n) is 10.6. The number of carbonyl (C=O) groups is 3. The predicted molar refractivity (Wildman–Crippen MR) is 112 cm³/mol. The van der Waals surface area contributed by atoms with Crippen LogP contribution in [0.1, 0.15) is 54.4 Å². The van der Waals surface area contributed by atoms with Crippen LogP contribution in [0.4, 0.5) is 0 Å². The van der Waals surface area contributed by atoms with Crippen LogP contribution in [0.3, 0.4) is 0 Å². The monoisotopic (exact) mass is 414 g/mol. The number of fused-ring (bicyclic) bond motifs is 1. The van der Waals surface area contributed by atoms with E-state index in [1.54, 1.807) is 16.2 Å². The number of hydrogen-bond acceptors (Lipinski definition) is 5. The number of esters is 1. The molecular weight excluding hydrogens is 384 g/mol. The average Bonchev–Trinajstić information content (AvgIpc) is 3.08. The lowest BCUT2D eigenvalue weighted by Crippen LogP contribution is -2.43. The van der Waals surface area contributed by atoms with E-state index < -0.39 is 0 Å². The molecule has 3 heterocycles. The van der Waals surface area contributed by atoms with E-state index in [1.165, 1.54) is 0 Å². The van der Waals surface area contributed by atoms with E-state index >= 15 is 0 Å². The number of hydrogen-bond donors (Lipinski definition) is 1. The Kier molecular flexibility index (Phi) is 7.07. The van der Waals surface area contributed by atoms with E-state index in [0.29, 0.717) is 50.5 Å². The molecule has 162 valence electrons. The van der Waals surface area contributed by atoms with E-state index in [0.717, 1.165) is 24.1 Å². The summed E-state index contributed by atoms with van der Waals surface area (Å²) in [6.07, 6.45) is 4.27. The fourth-order valence-corrected chi connectivity index (χ4v) is 3.93. The minimum absolute atomic E-state index is 0.0138. The lowest BCUT2D eigenvalue weighted by molar-refractivity contribution is -0.151. The number of aryl methyl sites for hydroxylation is 2. The molecular formula is C22H30N4O4. The number of carbonyl (C=O) groups excluding carboxylic acids is 3. The number of aromatic nitrogens is 2. The van der Waals surface area contributed by atoms with Gasteiger partial charge in [-0.05, 0) is 51.7 Å². The Labute approximate surface area is 176 Å². The Morgan fingerprint density at radius 3 is 2.87 bits per heavy atom. The highest BCUT2D eigenvalue weighted by atomic mass is 16.5. The largest absolute Gasteiger partial charge is 0.466 e. The normalized spacial score (nSPS) is 16.5. The molecule has 1 N–H and O–H groups in total. The molecule has 1 fully saturated rings. The van der Waals surface area contributed by atoms with Crippen LogP contribution in [-0.2, 0) is 14.3 Å². The molecule has 8 nitrogen and oxygen atoms in total. The minimum Gasteiger partial charge on any atom is -0.466 e. The smallest absolute Gasteiger partial charge is 0.310 e. The first kappa shape index (κ1) is 21.8. The summed E-state index contributed by atoms with van der Waals surface area (Å²) in [5, 5.41) is 2.89. The van der Waals surface area contributed by atoms with Crippen LogP contribution < -0.4 is 5.32 Å². The third kappa shape index (κ3) is 4.80. The standard InChI is InChI=1S/C22H30N4O4/c1-4-30-22(29)17-9-7-12-25(14-17)18(27)10-5-11-23-21(28)19-16(3)24-20-15(2)8-6-13-26(19)20/h6,8,13,17H,4-5,7,9-12,14H2,1-3H3,(H,23,28).